The summed E-state index contributed by atoms with van der Waals surface area (Å²) < 4.78 is 11.2. The number of thioether (sulfide) groups is 1. The van der Waals surface area contributed by atoms with Crippen molar-refractivity contribution in [2.45, 2.75) is 24.3 Å². The van der Waals surface area contributed by atoms with E-state index in [1.165, 1.54) is 11.8 Å². The largest absolute Gasteiger partial charge is 0.486 e. The quantitative estimate of drug-likeness (QED) is 0.780. The lowest BCUT2D eigenvalue weighted by Crippen LogP contribution is -2.23. The van der Waals surface area contributed by atoms with E-state index in [0.717, 1.165) is 23.4 Å². The second kappa shape index (κ2) is 8.14. The molecule has 2 heterocycles. The zero-order valence-corrected chi connectivity index (χ0v) is 16.5. The van der Waals surface area contributed by atoms with E-state index in [0.29, 0.717) is 48.9 Å². The fraction of sp³-hybridized carbons (Fsp3) is 0.333. The van der Waals surface area contributed by atoms with Crippen LogP contribution in [0.15, 0.2) is 41.3 Å². The maximum absolute atomic E-state index is 12.7. The summed E-state index contributed by atoms with van der Waals surface area (Å²) in [6.07, 6.45) is 3.51. The molecule has 1 fully saturated rings. The summed E-state index contributed by atoms with van der Waals surface area (Å²) >= 11 is 1.54. The standard InChI is InChI=1S/C21H22N2O4S/c1-28-19-12-18-17(26-9-10-27-18)11-16(19)22-21(25)15-6-4-14(5-7-15)13-23-8-2-3-20(23)24/h4-7,11-12H,2-3,8-10,13H2,1H3,(H,22,25). The Hall–Kier alpha value is -2.67. The Balaban J connectivity index is 1.47. The van der Waals surface area contributed by atoms with Crippen LogP contribution in [-0.2, 0) is 11.3 Å². The summed E-state index contributed by atoms with van der Waals surface area (Å²) in [6, 6.07) is 11.1. The predicted octanol–water partition coefficient (Wildman–Crippen LogP) is 3.55. The predicted molar refractivity (Wildman–Crippen MR) is 108 cm³/mol. The van der Waals surface area contributed by atoms with E-state index in [4.69, 9.17) is 9.47 Å². The number of nitrogens with one attached hydrogen (secondary N) is 1. The van der Waals surface area contributed by atoms with Crippen molar-refractivity contribution in [3.63, 3.8) is 0 Å². The number of hydrogen-bond donors (Lipinski definition) is 1. The molecule has 2 aromatic rings. The van der Waals surface area contributed by atoms with Crippen molar-refractivity contribution in [1.29, 1.82) is 0 Å². The van der Waals surface area contributed by atoms with E-state index >= 15 is 0 Å². The van der Waals surface area contributed by atoms with Crippen LogP contribution in [0.2, 0.25) is 0 Å². The van der Waals surface area contributed by atoms with Gasteiger partial charge in [0.1, 0.15) is 13.2 Å². The van der Waals surface area contributed by atoms with Gasteiger partial charge in [-0.15, -0.1) is 11.8 Å². The Kier molecular flexibility index (Phi) is 5.43. The first kappa shape index (κ1) is 18.7. The highest BCUT2D eigenvalue weighted by Gasteiger charge is 2.20. The van der Waals surface area contributed by atoms with Gasteiger partial charge in [0.2, 0.25) is 5.91 Å². The smallest absolute Gasteiger partial charge is 0.255 e. The van der Waals surface area contributed by atoms with Gasteiger partial charge in [0.15, 0.2) is 11.5 Å². The summed E-state index contributed by atoms with van der Waals surface area (Å²) in [5.41, 5.74) is 2.29. The number of fused-ring (bicyclic) bond motifs is 1. The van der Waals surface area contributed by atoms with Gasteiger partial charge in [-0.2, -0.15) is 0 Å². The Morgan fingerprint density at radius 2 is 1.86 bits per heavy atom. The molecule has 0 saturated carbocycles. The van der Waals surface area contributed by atoms with Crippen LogP contribution in [0, 0.1) is 0 Å². The Morgan fingerprint density at radius 3 is 2.50 bits per heavy atom. The molecule has 0 radical (unpaired) electrons. The SMILES string of the molecule is CSc1cc2c(cc1NC(=O)c1ccc(CN3CCCC3=O)cc1)OCCO2. The molecule has 0 bridgehead atoms. The fourth-order valence-corrected chi connectivity index (χ4v) is 3.94. The number of likely N-dealkylation sites (tertiary alicyclic amines) is 1. The minimum Gasteiger partial charge on any atom is -0.486 e. The normalized spacial score (nSPS) is 15.6. The molecular weight excluding hydrogens is 376 g/mol. The molecule has 4 rings (SSSR count). The van der Waals surface area contributed by atoms with Gasteiger partial charge in [-0.3, -0.25) is 9.59 Å². The van der Waals surface area contributed by atoms with Crippen molar-refractivity contribution in [3.05, 3.63) is 47.5 Å². The fourth-order valence-electron chi connectivity index (χ4n) is 3.38. The average Bonchev–Trinajstić information content (AvgIpc) is 3.12. The van der Waals surface area contributed by atoms with Gasteiger partial charge in [0.05, 0.1) is 5.69 Å². The van der Waals surface area contributed by atoms with Gasteiger partial charge >= 0.3 is 0 Å². The highest BCUT2D eigenvalue weighted by Crippen LogP contribution is 2.39. The molecule has 6 nitrogen and oxygen atoms in total. The molecule has 0 atom stereocenters. The van der Waals surface area contributed by atoms with Crippen molar-refractivity contribution in [3.8, 4) is 11.5 Å². The first-order valence-corrected chi connectivity index (χ1v) is 10.5. The first-order chi connectivity index (χ1) is 13.6. The molecule has 2 amide bonds. The number of carbonyl (C=O) groups is 2. The van der Waals surface area contributed by atoms with Gasteiger partial charge < -0.3 is 19.7 Å². The van der Waals surface area contributed by atoms with Crippen LogP contribution >= 0.6 is 11.8 Å². The van der Waals surface area contributed by atoms with Gasteiger partial charge in [-0.1, -0.05) is 12.1 Å². The van der Waals surface area contributed by atoms with E-state index in [1.54, 1.807) is 12.1 Å². The topological polar surface area (TPSA) is 67.9 Å². The monoisotopic (exact) mass is 398 g/mol. The molecule has 0 aliphatic carbocycles. The number of hydrogen-bond acceptors (Lipinski definition) is 5. The zero-order valence-electron chi connectivity index (χ0n) is 15.7. The van der Waals surface area contributed by atoms with E-state index in [9.17, 15) is 9.59 Å². The molecule has 0 spiro atoms. The van der Waals surface area contributed by atoms with Crippen molar-refractivity contribution in [2.24, 2.45) is 0 Å². The lowest BCUT2D eigenvalue weighted by molar-refractivity contribution is -0.128. The van der Waals surface area contributed by atoms with E-state index in [1.807, 2.05) is 35.4 Å². The second-order valence-electron chi connectivity index (χ2n) is 6.77. The second-order valence-corrected chi connectivity index (χ2v) is 7.61. The molecular formula is C21H22N2O4S. The van der Waals surface area contributed by atoms with Crippen LogP contribution in [-0.4, -0.2) is 42.7 Å². The van der Waals surface area contributed by atoms with E-state index in [2.05, 4.69) is 5.32 Å². The van der Waals surface area contributed by atoms with Crippen LogP contribution < -0.4 is 14.8 Å². The van der Waals surface area contributed by atoms with Gasteiger partial charge in [0.25, 0.3) is 5.91 Å². The average molecular weight is 398 g/mol. The number of ether oxygens (including phenoxy) is 2. The molecule has 2 aliphatic rings. The van der Waals surface area contributed by atoms with Crippen molar-refractivity contribution in [1.82, 2.24) is 4.90 Å². The minimum atomic E-state index is -0.184. The maximum atomic E-state index is 12.7. The van der Waals surface area contributed by atoms with Crippen molar-refractivity contribution < 1.29 is 19.1 Å². The van der Waals surface area contributed by atoms with Crippen molar-refractivity contribution >= 4 is 29.3 Å². The number of carbonyl (C=O) groups excluding carboxylic acids is 2. The summed E-state index contributed by atoms with van der Waals surface area (Å²) in [5.74, 6) is 1.36. The van der Waals surface area contributed by atoms with Crippen LogP contribution in [0.5, 0.6) is 11.5 Å². The van der Waals surface area contributed by atoms with Gasteiger partial charge in [0, 0.05) is 36.0 Å². The maximum Gasteiger partial charge on any atom is 0.255 e. The molecule has 0 unspecified atom stereocenters. The highest BCUT2D eigenvalue weighted by atomic mass is 32.2. The first-order valence-electron chi connectivity index (χ1n) is 9.30. The highest BCUT2D eigenvalue weighted by molar-refractivity contribution is 7.98. The molecule has 28 heavy (non-hydrogen) atoms. The molecule has 0 aromatic heterocycles. The Bertz CT molecular complexity index is 898. The molecule has 1 N–H and O–H groups in total. The summed E-state index contributed by atoms with van der Waals surface area (Å²) in [7, 11) is 0. The minimum absolute atomic E-state index is 0.184. The molecule has 146 valence electrons. The lowest BCUT2D eigenvalue weighted by atomic mass is 10.1. The van der Waals surface area contributed by atoms with Crippen LogP contribution in [0.4, 0.5) is 5.69 Å². The third kappa shape index (κ3) is 3.94. The van der Waals surface area contributed by atoms with Crippen LogP contribution in [0.25, 0.3) is 0 Å². The Labute approximate surface area is 168 Å². The zero-order chi connectivity index (χ0) is 19.5. The number of rotatable bonds is 5. The van der Waals surface area contributed by atoms with Gasteiger partial charge in [-0.05, 0) is 36.4 Å². The summed E-state index contributed by atoms with van der Waals surface area (Å²) in [4.78, 5) is 27.2. The number of benzene rings is 2. The number of anilines is 1. The molecule has 7 heteroatoms. The molecule has 2 aromatic carbocycles. The third-order valence-electron chi connectivity index (χ3n) is 4.87. The van der Waals surface area contributed by atoms with Gasteiger partial charge in [-0.25, -0.2) is 0 Å². The summed E-state index contributed by atoms with van der Waals surface area (Å²) in [6.45, 7) is 2.43. The lowest BCUT2D eigenvalue weighted by Gasteiger charge is -2.21. The van der Waals surface area contributed by atoms with Crippen LogP contribution in [0.1, 0.15) is 28.8 Å². The van der Waals surface area contributed by atoms with E-state index in [-0.39, 0.29) is 11.8 Å². The van der Waals surface area contributed by atoms with E-state index < -0.39 is 0 Å². The molecule has 2 aliphatic heterocycles. The summed E-state index contributed by atoms with van der Waals surface area (Å²) in [5, 5.41) is 2.97. The molecule has 1 saturated heterocycles. The number of nitrogens with zero attached hydrogens (tertiary/aromatic N) is 1. The Morgan fingerprint density at radius 1 is 1.14 bits per heavy atom. The number of amides is 2. The third-order valence-corrected chi connectivity index (χ3v) is 5.65. The van der Waals surface area contributed by atoms with Crippen LogP contribution in [0.3, 0.4) is 0 Å². The van der Waals surface area contributed by atoms with Crippen molar-refractivity contribution in [2.75, 3.05) is 31.3 Å².